The van der Waals surface area contributed by atoms with Gasteiger partial charge in [0.15, 0.2) is 5.43 Å². The molecule has 5 nitrogen and oxygen atoms in total. The first kappa shape index (κ1) is 18.0. The van der Waals surface area contributed by atoms with Crippen molar-refractivity contribution in [1.29, 1.82) is 0 Å². The second-order valence-corrected chi connectivity index (χ2v) is 9.09. The highest BCUT2D eigenvalue weighted by Gasteiger charge is 2.27. The van der Waals surface area contributed by atoms with Gasteiger partial charge in [0.2, 0.25) is 0 Å². The van der Waals surface area contributed by atoms with E-state index in [1.54, 1.807) is 0 Å². The molecular weight excluding hydrogens is 399 g/mol. The molecule has 30 heavy (non-hydrogen) atoms. The maximum absolute atomic E-state index is 15.1. The minimum Gasteiger partial charge on any atom is -0.367 e. The lowest BCUT2D eigenvalue weighted by molar-refractivity contribution is 0.567. The zero-order chi connectivity index (χ0) is 20.2. The second-order valence-electron chi connectivity index (χ2n) is 8.05. The predicted octanol–water partition coefficient (Wildman–Crippen LogP) is 4.16. The monoisotopic (exact) mass is 420 g/mol. The van der Waals surface area contributed by atoms with Gasteiger partial charge in [0.25, 0.3) is 0 Å². The van der Waals surface area contributed by atoms with Crippen molar-refractivity contribution in [2.24, 2.45) is 0 Å². The molecule has 1 saturated heterocycles. The molecule has 2 aromatic carbocycles. The first-order chi connectivity index (χ1) is 14.7. The van der Waals surface area contributed by atoms with Gasteiger partial charge in [-0.3, -0.25) is 4.79 Å². The number of rotatable bonds is 3. The number of nitrogens with one attached hydrogen (secondary N) is 1. The number of nitrogens with zero attached hydrogens (tertiary/aromatic N) is 3. The lowest BCUT2D eigenvalue weighted by Gasteiger charge is -2.30. The molecule has 2 aliphatic rings. The van der Waals surface area contributed by atoms with Crippen LogP contribution in [0.4, 0.5) is 10.1 Å². The minimum absolute atomic E-state index is 0.147. The molecule has 6 rings (SSSR count). The Morgan fingerprint density at radius 2 is 1.93 bits per heavy atom. The van der Waals surface area contributed by atoms with Crippen molar-refractivity contribution in [3.05, 3.63) is 58.6 Å². The molecule has 2 aromatic heterocycles. The molecule has 0 spiro atoms. The summed E-state index contributed by atoms with van der Waals surface area (Å²) >= 11 is 1.51. The smallest absolute Gasteiger partial charge is 0.199 e. The van der Waals surface area contributed by atoms with E-state index < -0.39 is 0 Å². The van der Waals surface area contributed by atoms with E-state index in [-0.39, 0.29) is 11.2 Å². The fourth-order valence-electron chi connectivity index (χ4n) is 4.30. The third-order valence-electron chi connectivity index (χ3n) is 6.02. The summed E-state index contributed by atoms with van der Waals surface area (Å²) < 4.78 is 18.3. The Hall–Kier alpha value is -2.77. The van der Waals surface area contributed by atoms with Crippen LogP contribution in [0.25, 0.3) is 31.7 Å². The quantitative estimate of drug-likeness (QED) is 0.541. The first-order valence-corrected chi connectivity index (χ1v) is 11.2. The summed E-state index contributed by atoms with van der Waals surface area (Å²) in [6.07, 6.45) is 4.11. The number of hydrogen-bond donors (Lipinski definition) is 1. The Balaban J connectivity index is 1.57. The standard InChI is InChI=1S/C23H21FN4OS/c24-17-11-15-19(12-20(17)27-9-7-25-8-10-27)28(14-5-6-14)13-16(22(15)29)23-26-18-3-1-2-4-21(18)30-23/h1-4,11-14,25H,5-10H2. The Kier molecular flexibility index (Phi) is 4.14. The summed E-state index contributed by atoms with van der Waals surface area (Å²) in [6, 6.07) is 11.6. The van der Waals surface area contributed by atoms with Crippen molar-refractivity contribution in [2.75, 3.05) is 31.1 Å². The number of piperazine rings is 1. The number of benzene rings is 2. The molecule has 1 N–H and O–H groups in total. The number of fused-ring (bicyclic) bond motifs is 2. The van der Waals surface area contributed by atoms with Crippen LogP contribution < -0.4 is 15.6 Å². The molecule has 1 aliphatic heterocycles. The summed E-state index contributed by atoms with van der Waals surface area (Å²) in [4.78, 5) is 20.1. The van der Waals surface area contributed by atoms with E-state index in [1.807, 2.05) is 36.5 Å². The minimum atomic E-state index is -0.328. The van der Waals surface area contributed by atoms with E-state index >= 15 is 4.39 Å². The molecule has 0 radical (unpaired) electrons. The zero-order valence-corrected chi connectivity index (χ0v) is 17.2. The van der Waals surface area contributed by atoms with Crippen LogP contribution in [0.5, 0.6) is 0 Å². The van der Waals surface area contributed by atoms with E-state index in [9.17, 15) is 4.79 Å². The summed E-state index contributed by atoms with van der Waals surface area (Å²) in [6.45, 7) is 3.20. The van der Waals surface area contributed by atoms with E-state index in [0.29, 0.717) is 27.7 Å². The van der Waals surface area contributed by atoms with Crippen LogP contribution in [0.2, 0.25) is 0 Å². The Morgan fingerprint density at radius 1 is 1.13 bits per heavy atom. The number of para-hydroxylation sites is 1. The van der Waals surface area contributed by atoms with Gasteiger partial charge in [-0.15, -0.1) is 11.3 Å². The summed E-state index contributed by atoms with van der Waals surface area (Å²) in [5.41, 5.74) is 2.71. The SMILES string of the molecule is O=c1c(-c2nc3ccccc3s2)cn(C2CC2)c2cc(N3CCNCC3)c(F)cc12. The van der Waals surface area contributed by atoms with Gasteiger partial charge in [0, 0.05) is 43.8 Å². The van der Waals surface area contributed by atoms with Gasteiger partial charge in [-0.25, -0.2) is 9.37 Å². The van der Waals surface area contributed by atoms with Crippen molar-refractivity contribution in [3.63, 3.8) is 0 Å². The number of hydrogen-bond acceptors (Lipinski definition) is 5. The van der Waals surface area contributed by atoms with Crippen molar-refractivity contribution < 1.29 is 4.39 Å². The molecule has 1 saturated carbocycles. The third-order valence-corrected chi connectivity index (χ3v) is 7.09. The molecule has 2 fully saturated rings. The Labute approximate surface area is 176 Å². The van der Waals surface area contributed by atoms with Crippen molar-refractivity contribution in [2.45, 2.75) is 18.9 Å². The average molecular weight is 421 g/mol. The fourth-order valence-corrected chi connectivity index (χ4v) is 5.27. The van der Waals surface area contributed by atoms with Crippen molar-refractivity contribution >= 4 is 38.1 Å². The molecule has 0 unspecified atom stereocenters. The highest BCUT2D eigenvalue weighted by Crippen LogP contribution is 2.39. The largest absolute Gasteiger partial charge is 0.367 e. The van der Waals surface area contributed by atoms with Gasteiger partial charge < -0.3 is 14.8 Å². The van der Waals surface area contributed by atoms with Crippen LogP contribution in [-0.2, 0) is 0 Å². The van der Waals surface area contributed by atoms with Crippen LogP contribution in [0.15, 0.2) is 47.4 Å². The number of halogens is 1. The summed E-state index contributed by atoms with van der Waals surface area (Å²) in [7, 11) is 0. The van der Waals surface area contributed by atoms with Gasteiger partial charge in [-0.2, -0.15) is 0 Å². The van der Waals surface area contributed by atoms with Crippen LogP contribution in [-0.4, -0.2) is 35.7 Å². The number of aromatic nitrogens is 2. The van der Waals surface area contributed by atoms with Crippen molar-refractivity contribution in [1.82, 2.24) is 14.9 Å². The molecule has 152 valence electrons. The highest BCUT2D eigenvalue weighted by molar-refractivity contribution is 7.21. The van der Waals surface area contributed by atoms with Gasteiger partial charge >= 0.3 is 0 Å². The Morgan fingerprint density at radius 3 is 2.70 bits per heavy atom. The molecule has 0 amide bonds. The molecule has 4 aromatic rings. The van der Waals surface area contributed by atoms with E-state index in [2.05, 4.69) is 19.8 Å². The molecule has 0 atom stereocenters. The Bertz CT molecular complexity index is 1300. The third kappa shape index (κ3) is 2.92. The number of thiazole rings is 1. The molecular formula is C23H21FN4OS. The maximum atomic E-state index is 15.1. The topological polar surface area (TPSA) is 50.2 Å². The van der Waals surface area contributed by atoms with Crippen LogP contribution >= 0.6 is 11.3 Å². The number of anilines is 1. The maximum Gasteiger partial charge on any atom is 0.199 e. The fraction of sp³-hybridized carbons (Fsp3) is 0.304. The lowest BCUT2D eigenvalue weighted by atomic mass is 10.1. The molecule has 3 heterocycles. The second kappa shape index (κ2) is 6.89. The van der Waals surface area contributed by atoms with Gasteiger partial charge in [0.05, 0.1) is 27.0 Å². The van der Waals surface area contributed by atoms with Crippen molar-refractivity contribution in [3.8, 4) is 10.6 Å². The molecule has 7 heteroatoms. The summed E-state index contributed by atoms with van der Waals surface area (Å²) in [5.74, 6) is -0.328. The van der Waals surface area contributed by atoms with E-state index in [1.165, 1.54) is 17.4 Å². The summed E-state index contributed by atoms with van der Waals surface area (Å²) in [5, 5.41) is 4.44. The molecule has 0 bridgehead atoms. The van der Waals surface area contributed by atoms with E-state index in [0.717, 1.165) is 54.8 Å². The van der Waals surface area contributed by atoms with Crippen LogP contribution in [0.1, 0.15) is 18.9 Å². The van der Waals surface area contributed by atoms with Gasteiger partial charge in [0.1, 0.15) is 10.8 Å². The first-order valence-electron chi connectivity index (χ1n) is 10.4. The average Bonchev–Trinajstić information content (AvgIpc) is 3.52. The van der Waals surface area contributed by atoms with Gasteiger partial charge in [-0.05, 0) is 37.1 Å². The van der Waals surface area contributed by atoms with Crippen LogP contribution in [0, 0.1) is 5.82 Å². The van der Waals surface area contributed by atoms with E-state index in [4.69, 9.17) is 0 Å². The normalized spacial score (nSPS) is 17.2. The number of pyridine rings is 1. The predicted molar refractivity (Wildman–Crippen MR) is 120 cm³/mol. The molecule has 1 aliphatic carbocycles. The zero-order valence-electron chi connectivity index (χ0n) is 16.4. The van der Waals surface area contributed by atoms with Gasteiger partial charge in [-0.1, -0.05) is 12.1 Å². The highest BCUT2D eigenvalue weighted by atomic mass is 32.1. The van der Waals surface area contributed by atoms with Crippen LogP contribution in [0.3, 0.4) is 0 Å². The lowest BCUT2D eigenvalue weighted by Crippen LogP contribution is -2.43.